The molecule has 1 aliphatic rings. The third-order valence-electron chi connectivity index (χ3n) is 3.94. The van der Waals surface area contributed by atoms with Crippen molar-refractivity contribution in [1.29, 1.82) is 0 Å². The van der Waals surface area contributed by atoms with Crippen LogP contribution < -0.4 is 5.32 Å². The van der Waals surface area contributed by atoms with Gasteiger partial charge >= 0.3 is 0 Å². The monoisotopic (exact) mass is 323 g/mol. The van der Waals surface area contributed by atoms with E-state index in [9.17, 15) is 4.79 Å². The number of amides is 1. The standard InChI is InChI=1S/C16H22BrNO/c1-13-5-4-6-14(11-13)7-8-15(19)18-16(12-17)9-2-3-10-16/h4-6,11H,2-3,7-10,12H2,1H3,(H,18,19). The Morgan fingerprint density at radius 1 is 1.37 bits per heavy atom. The molecule has 0 unspecified atom stereocenters. The van der Waals surface area contributed by atoms with E-state index in [1.54, 1.807) is 0 Å². The van der Waals surface area contributed by atoms with Gasteiger partial charge in [0.05, 0.1) is 0 Å². The fourth-order valence-corrected chi connectivity index (χ4v) is 3.53. The van der Waals surface area contributed by atoms with E-state index in [0.29, 0.717) is 6.42 Å². The molecular weight excluding hydrogens is 302 g/mol. The van der Waals surface area contributed by atoms with Crippen LogP contribution >= 0.6 is 15.9 Å². The summed E-state index contributed by atoms with van der Waals surface area (Å²) in [6, 6.07) is 8.39. The highest BCUT2D eigenvalue weighted by atomic mass is 79.9. The van der Waals surface area contributed by atoms with Gasteiger partial charge in [-0.2, -0.15) is 0 Å². The van der Waals surface area contributed by atoms with Crippen molar-refractivity contribution in [2.75, 3.05) is 5.33 Å². The molecule has 1 N–H and O–H groups in total. The summed E-state index contributed by atoms with van der Waals surface area (Å²) in [6.07, 6.45) is 6.07. The number of rotatable bonds is 5. The first kappa shape index (κ1) is 14.6. The van der Waals surface area contributed by atoms with Gasteiger partial charge in [0.1, 0.15) is 0 Å². The first-order valence-corrected chi connectivity index (χ1v) is 8.18. The molecule has 0 aromatic heterocycles. The number of aryl methyl sites for hydroxylation is 2. The number of benzene rings is 1. The lowest BCUT2D eigenvalue weighted by Crippen LogP contribution is -2.47. The van der Waals surface area contributed by atoms with Crippen molar-refractivity contribution >= 4 is 21.8 Å². The maximum Gasteiger partial charge on any atom is 0.220 e. The molecule has 0 atom stereocenters. The summed E-state index contributed by atoms with van der Waals surface area (Å²) >= 11 is 3.55. The Hall–Kier alpha value is -0.830. The van der Waals surface area contributed by atoms with E-state index in [4.69, 9.17) is 0 Å². The Bertz CT molecular complexity index is 438. The molecule has 0 heterocycles. The SMILES string of the molecule is Cc1cccc(CCC(=O)NC2(CBr)CCCC2)c1. The van der Waals surface area contributed by atoms with Gasteiger partial charge in [-0.05, 0) is 31.7 Å². The van der Waals surface area contributed by atoms with Gasteiger partial charge in [0.25, 0.3) is 0 Å². The summed E-state index contributed by atoms with van der Waals surface area (Å²) in [4.78, 5) is 12.1. The Labute approximate surface area is 124 Å². The van der Waals surface area contributed by atoms with E-state index in [1.165, 1.54) is 24.0 Å². The fourth-order valence-electron chi connectivity index (χ4n) is 2.83. The number of halogens is 1. The molecule has 1 aromatic carbocycles. The van der Waals surface area contributed by atoms with Gasteiger partial charge in [-0.1, -0.05) is 58.6 Å². The Morgan fingerprint density at radius 3 is 2.74 bits per heavy atom. The van der Waals surface area contributed by atoms with Crippen LogP contribution in [0.25, 0.3) is 0 Å². The second-order valence-corrected chi connectivity index (χ2v) is 6.22. The maximum atomic E-state index is 12.1. The van der Waals surface area contributed by atoms with Crippen LogP contribution in [0.3, 0.4) is 0 Å². The second-order valence-electron chi connectivity index (χ2n) is 5.66. The van der Waals surface area contributed by atoms with Crippen LogP contribution in [0.2, 0.25) is 0 Å². The van der Waals surface area contributed by atoms with E-state index in [0.717, 1.165) is 24.6 Å². The minimum atomic E-state index is 0.0175. The molecule has 2 nitrogen and oxygen atoms in total. The molecule has 0 spiro atoms. The minimum Gasteiger partial charge on any atom is -0.350 e. The fraction of sp³-hybridized carbons (Fsp3) is 0.562. The molecular formula is C16H22BrNO. The normalized spacial score (nSPS) is 17.4. The number of alkyl halides is 1. The van der Waals surface area contributed by atoms with Crippen molar-refractivity contribution in [2.24, 2.45) is 0 Å². The van der Waals surface area contributed by atoms with E-state index < -0.39 is 0 Å². The van der Waals surface area contributed by atoms with Gasteiger partial charge in [-0.25, -0.2) is 0 Å². The first-order valence-electron chi connectivity index (χ1n) is 7.06. The van der Waals surface area contributed by atoms with Gasteiger partial charge < -0.3 is 5.32 Å². The maximum absolute atomic E-state index is 12.1. The molecule has 1 fully saturated rings. The van der Waals surface area contributed by atoms with Crippen LogP contribution in [-0.4, -0.2) is 16.8 Å². The van der Waals surface area contributed by atoms with Crippen molar-refractivity contribution in [3.05, 3.63) is 35.4 Å². The quantitative estimate of drug-likeness (QED) is 0.821. The van der Waals surface area contributed by atoms with Crippen LogP contribution in [0.15, 0.2) is 24.3 Å². The number of carbonyl (C=O) groups is 1. The molecule has 104 valence electrons. The summed E-state index contributed by atoms with van der Waals surface area (Å²) in [5.41, 5.74) is 2.52. The van der Waals surface area contributed by atoms with Crippen molar-refractivity contribution in [3.8, 4) is 0 Å². The molecule has 3 heteroatoms. The second kappa shape index (κ2) is 6.56. The summed E-state index contributed by atoms with van der Waals surface area (Å²) in [6.45, 7) is 2.09. The van der Waals surface area contributed by atoms with Crippen molar-refractivity contribution in [3.63, 3.8) is 0 Å². The topological polar surface area (TPSA) is 29.1 Å². The highest BCUT2D eigenvalue weighted by molar-refractivity contribution is 9.09. The third-order valence-corrected chi connectivity index (χ3v) is 5.02. The highest BCUT2D eigenvalue weighted by Gasteiger charge is 2.33. The molecule has 1 aliphatic carbocycles. The Kier molecular flexibility index (Phi) is 5.03. The summed E-state index contributed by atoms with van der Waals surface area (Å²) in [7, 11) is 0. The predicted molar refractivity (Wildman–Crippen MR) is 82.6 cm³/mol. The zero-order valence-corrected chi connectivity index (χ0v) is 13.1. The number of hydrogen-bond donors (Lipinski definition) is 1. The molecule has 1 saturated carbocycles. The molecule has 19 heavy (non-hydrogen) atoms. The van der Waals surface area contributed by atoms with E-state index in [-0.39, 0.29) is 11.4 Å². The number of hydrogen-bond acceptors (Lipinski definition) is 1. The zero-order valence-electron chi connectivity index (χ0n) is 11.5. The smallest absolute Gasteiger partial charge is 0.220 e. The van der Waals surface area contributed by atoms with Gasteiger partial charge in [0, 0.05) is 17.3 Å². The van der Waals surface area contributed by atoms with Crippen molar-refractivity contribution in [2.45, 2.75) is 51.0 Å². The van der Waals surface area contributed by atoms with Crippen LogP contribution in [-0.2, 0) is 11.2 Å². The van der Waals surface area contributed by atoms with Gasteiger partial charge in [-0.3, -0.25) is 4.79 Å². The molecule has 1 aromatic rings. The first-order chi connectivity index (χ1) is 9.13. The van der Waals surface area contributed by atoms with E-state index in [2.05, 4.69) is 52.4 Å². The minimum absolute atomic E-state index is 0.0175. The van der Waals surface area contributed by atoms with Crippen LogP contribution in [0.4, 0.5) is 0 Å². The van der Waals surface area contributed by atoms with Crippen molar-refractivity contribution in [1.82, 2.24) is 5.32 Å². The molecule has 2 rings (SSSR count). The predicted octanol–water partition coefficient (Wildman–Crippen LogP) is 3.75. The molecule has 0 bridgehead atoms. The van der Waals surface area contributed by atoms with Crippen LogP contribution in [0, 0.1) is 6.92 Å². The summed E-state index contributed by atoms with van der Waals surface area (Å²) < 4.78 is 0. The van der Waals surface area contributed by atoms with E-state index in [1.807, 2.05) is 0 Å². The summed E-state index contributed by atoms with van der Waals surface area (Å²) in [5, 5.41) is 4.11. The van der Waals surface area contributed by atoms with Gasteiger partial charge in [0.2, 0.25) is 5.91 Å². The molecule has 0 aliphatic heterocycles. The summed E-state index contributed by atoms with van der Waals surface area (Å²) in [5.74, 6) is 0.183. The Balaban J connectivity index is 1.84. The lowest BCUT2D eigenvalue weighted by molar-refractivity contribution is -0.122. The lowest BCUT2D eigenvalue weighted by Gasteiger charge is -2.28. The lowest BCUT2D eigenvalue weighted by atomic mass is 10.00. The average Bonchev–Trinajstić information content (AvgIpc) is 2.86. The number of carbonyl (C=O) groups excluding carboxylic acids is 1. The van der Waals surface area contributed by atoms with Crippen LogP contribution in [0.5, 0.6) is 0 Å². The molecule has 0 saturated heterocycles. The highest BCUT2D eigenvalue weighted by Crippen LogP contribution is 2.31. The van der Waals surface area contributed by atoms with Gasteiger partial charge in [-0.15, -0.1) is 0 Å². The Morgan fingerprint density at radius 2 is 2.11 bits per heavy atom. The zero-order chi connectivity index (χ0) is 13.7. The third kappa shape index (κ3) is 4.07. The van der Waals surface area contributed by atoms with E-state index >= 15 is 0 Å². The van der Waals surface area contributed by atoms with Crippen LogP contribution in [0.1, 0.15) is 43.2 Å². The average molecular weight is 324 g/mol. The largest absolute Gasteiger partial charge is 0.350 e. The van der Waals surface area contributed by atoms with Gasteiger partial charge in [0.15, 0.2) is 0 Å². The van der Waals surface area contributed by atoms with Crippen molar-refractivity contribution < 1.29 is 4.79 Å². The molecule has 1 amide bonds. The number of nitrogens with one attached hydrogen (secondary N) is 1. The molecule has 0 radical (unpaired) electrons.